The van der Waals surface area contributed by atoms with E-state index in [1.807, 2.05) is 11.3 Å². The van der Waals surface area contributed by atoms with Gasteiger partial charge in [0.2, 0.25) is 0 Å². The van der Waals surface area contributed by atoms with Gasteiger partial charge in [-0.3, -0.25) is 0 Å². The second-order valence-electron chi connectivity index (χ2n) is 5.80. The lowest BCUT2D eigenvalue weighted by Gasteiger charge is -2.29. The van der Waals surface area contributed by atoms with Crippen LogP contribution < -0.4 is 5.32 Å². The third kappa shape index (κ3) is 2.73. The number of nitrogens with one attached hydrogen (secondary N) is 1. The van der Waals surface area contributed by atoms with E-state index in [2.05, 4.69) is 35.0 Å². The van der Waals surface area contributed by atoms with Gasteiger partial charge >= 0.3 is 0 Å². The number of hydrogen-bond acceptors (Lipinski definition) is 3. The van der Waals surface area contributed by atoms with Crippen LogP contribution in [0.25, 0.3) is 10.1 Å². The summed E-state index contributed by atoms with van der Waals surface area (Å²) in [5, 5.41) is 7.28. The third-order valence-corrected chi connectivity index (χ3v) is 5.48. The minimum atomic E-state index is 0. The number of piperidine rings is 1. The molecule has 2 aromatic rings. The molecule has 2 nitrogen and oxygen atoms in total. The van der Waals surface area contributed by atoms with Crippen LogP contribution in [0.1, 0.15) is 31.2 Å². The van der Waals surface area contributed by atoms with Crippen LogP contribution in [0.4, 0.5) is 0 Å². The van der Waals surface area contributed by atoms with Gasteiger partial charge in [0.25, 0.3) is 0 Å². The first-order valence-electron chi connectivity index (χ1n) is 7.21. The smallest absolute Gasteiger partial charge is 0.0734 e. The van der Waals surface area contributed by atoms with Crippen LogP contribution in [0.2, 0.25) is 0 Å². The number of fused-ring (bicyclic) bond motifs is 3. The molecule has 3 heterocycles. The van der Waals surface area contributed by atoms with Crippen molar-refractivity contribution in [2.75, 3.05) is 0 Å². The fraction of sp³-hybridized carbons (Fsp3) is 0.500. The minimum Gasteiger partial charge on any atom is -0.373 e. The van der Waals surface area contributed by atoms with Crippen LogP contribution in [-0.2, 0) is 11.3 Å². The molecule has 0 spiro atoms. The predicted octanol–water partition coefficient (Wildman–Crippen LogP) is 4.12. The average molecular weight is 310 g/mol. The molecule has 108 valence electrons. The van der Waals surface area contributed by atoms with Gasteiger partial charge in [-0.2, -0.15) is 0 Å². The van der Waals surface area contributed by atoms with Crippen LogP contribution in [0.5, 0.6) is 0 Å². The zero-order valence-electron chi connectivity index (χ0n) is 11.4. The van der Waals surface area contributed by atoms with Gasteiger partial charge in [0.1, 0.15) is 0 Å². The first-order chi connectivity index (χ1) is 9.38. The summed E-state index contributed by atoms with van der Waals surface area (Å²) in [5.41, 5.74) is 1.35. The summed E-state index contributed by atoms with van der Waals surface area (Å²) in [7, 11) is 0. The molecular weight excluding hydrogens is 290 g/mol. The Bertz CT molecular complexity index is 573. The topological polar surface area (TPSA) is 21.3 Å². The zero-order valence-corrected chi connectivity index (χ0v) is 13.0. The number of rotatable bonds is 3. The molecule has 2 saturated heterocycles. The molecule has 2 fully saturated rings. The van der Waals surface area contributed by atoms with Gasteiger partial charge in [-0.15, -0.1) is 23.7 Å². The maximum atomic E-state index is 6.18. The lowest BCUT2D eigenvalue weighted by atomic mass is 10.0. The molecule has 2 bridgehead atoms. The summed E-state index contributed by atoms with van der Waals surface area (Å²) >= 11 is 1.82. The van der Waals surface area contributed by atoms with Crippen LogP contribution >= 0.6 is 23.7 Å². The quantitative estimate of drug-likeness (QED) is 0.920. The molecule has 1 N–H and O–H groups in total. The Morgan fingerprint density at radius 2 is 1.90 bits per heavy atom. The van der Waals surface area contributed by atoms with Crippen molar-refractivity contribution >= 4 is 33.8 Å². The first kappa shape index (κ1) is 14.3. The fourth-order valence-electron chi connectivity index (χ4n) is 3.49. The van der Waals surface area contributed by atoms with Gasteiger partial charge < -0.3 is 10.1 Å². The van der Waals surface area contributed by atoms with E-state index >= 15 is 0 Å². The van der Waals surface area contributed by atoms with Crippen molar-refractivity contribution in [3.63, 3.8) is 0 Å². The van der Waals surface area contributed by atoms with Crippen LogP contribution in [0.3, 0.4) is 0 Å². The van der Waals surface area contributed by atoms with E-state index in [1.54, 1.807) is 0 Å². The molecule has 3 atom stereocenters. The van der Waals surface area contributed by atoms with Gasteiger partial charge in [-0.05, 0) is 48.1 Å². The Morgan fingerprint density at radius 3 is 2.70 bits per heavy atom. The largest absolute Gasteiger partial charge is 0.373 e. The number of benzene rings is 1. The van der Waals surface area contributed by atoms with E-state index < -0.39 is 0 Å². The third-order valence-electron chi connectivity index (χ3n) is 4.47. The summed E-state index contributed by atoms with van der Waals surface area (Å²) in [6.45, 7) is 0.772. The van der Waals surface area contributed by atoms with E-state index in [4.69, 9.17) is 4.74 Å². The van der Waals surface area contributed by atoms with Crippen molar-refractivity contribution in [3.8, 4) is 0 Å². The van der Waals surface area contributed by atoms with Gasteiger partial charge in [0.05, 0.1) is 12.7 Å². The molecule has 0 radical (unpaired) electrons. The summed E-state index contributed by atoms with van der Waals surface area (Å²) in [5.74, 6) is 0. The van der Waals surface area contributed by atoms with Crippen molar-refractivity contribution in [2.24, 2.45) is 0 Å². The fourth-order valence-corrected chi connectivity index (χ4v) is 4.44. The Hall–Kier alpha value is -0.610. The highest BCUT2D eigenvalue weighted by atomic mass is 35.5. The highest BCUT2D eigenvalue weighted by Crippen LogP contribution is 2.31. The maximum Gasteiger partial charge on any atom is 0.0734 e. The van der Waals surface area contributed by atoms with Gasteiger partial charge in [-0.1, -0.05) is 18.2 Å². The van der Waals surface area contributed by atoms with E-state index in [0.29, 0.717) is 18.2 Å². The van der Waals surface area contributed by atoms with Crippen molar-refractivity contribution < 1.29 is 4.74 Å². The second-order valence-corrected chi connectivity index (χ2v) is 6.71. The Morgan fingerprint density at radius 1 is 1.15 bits per heavy atom. The number of hydrogen-bond donors (Lipinski definition) is 1. The van der Waals surface area contributed by atoms with Crippen molar-refractivity contribution in [1.29, 1.82) is 0 Å². The molecule has 0 unspecified atom stereocenters. The van der Waals surface area contributed by atoms with Crippen molar-refractivity contribution in [2.45, 2.75) is 50.5 Å². The van der Waals surface area contributed by atoms with Crippen molar-refractivity contribution in [1.82, 2.24) is 5.32 Å². The Kier molecular flexibility index (Phi) is 4.32. The SMILES string of the molecule is Cl.c1ccc2c(CO[C@H]3C[C@H]4CC[C@@H](C3)N4)csc2c1. The molecule has 0 aliphatic carbocycles. The Balaban J connectivity index is 0.00000121. The summed E-state index contributed by atoms with van der Waals surface area (Å²) in [6.07, 6.45) is 5.52. The summed E-state index contributed by atoms with van der Waals surface area (Å²) < 4.78 is 7.55. The molecule has 2 aliphatic heterocycles. The number of ether oxygens (including phenoxy) is 1. The lowest BCUT2D eigenvalue weighted by Crippen LogP contribution is -2.41. The highest BCUT2D eigenvalue weighted by molar-refractivity contribution is 7.17. The molecular formula is C16H20ClNOS. The van der Waals surface area contributed by atoms with E-state index in [-0.39, 0.29) is 12.4 Å². The molecule has 0 amide bonds. The van der Waals surface area contributed by atoms with E-state index in [0.717, 1.165) is 6.61 Å². The zero-order chi connectivity index (χ0) is 12.7. The van der Waals surface area contributed by atoms with Gasteiger partial charge in [0.15, 0.2) is 0 Å². The van der Waals surface area contributed by atoms with Crippen LogP contribution in [-0.4, -0.2) is 18.2 Å². The standard InChI is InChI=1S/C16H19NOS.ClH/c1-2-4-16-15(3-1)11(10-19-16)9-18-14-7-12-5-6-13(8-14)17-12;/h1-4,10,12-14,17H,5-9H2;1H/t12-,13+,14+;. The Labute approximate surface area is 129 Å². The predicted molar refractivity (Wildman–Crippen MR) is 86.8 cm³/mol. The monoisotopic (exact) mass is 309 g/mol. The summed E-state index contributed by atoms with van der Waals surface area (Å²) in [4.78, 5) is 0. The first-order valence-corrected chi connectivity index (χ1v) is 8.09. The summed E-state index contributed by atoms with van der Waals surface area (Å²) in [6, 6.07) is 10.0. The van der Waals surface area contributed by atoms with Crippen LogP contribution in [0, 0.1) is 0 Å². The normalized spacial score (nSPS) is 28.5. The molecule has 4 heteroatoms. The maximum absolute atomic E-state index is 6.18. The van der Waals surface area contributed by atoms with Gasteiger partial charge in [0, 0.05) is 16.8 Å². The van der Waals surface area contributed by atoms with Crippen LogP contribution in [0.15, 0.2) is 29.6 Å². The number of halogens is 1. The molecule has 4 rings (SSSR count). The van der Waals surface area contributed by atoms with E-state index in [9.17, 15) is 0 Å². The molecule has 1 aromatic carbocycles. The molecule has 1 aromatic heterocycles. The molecule has 2 aliphatic rings. The number of thiophene rings is 1. The molecule has 20 heavy (non-hydrogen) atoms. The van der Waals surface area contributed by atoms with Gasteiger partial charge in [-0.25, -0.2) is 0 Å². The van der Waals surface area contributed by atoms with E-state index in [1.165, 1.54) is 41.3 Å². The lowest BCUT2D eigenvalue weighted by molar-refractivity contribution is 0.00980. The van der Waals surface area contributed by atoms with Crippen molar-refractivity contribution in [3.05, 3.63) is 35.2 Å². The average Bonchev–Trinajstić information content (AvgIpc) is 3.00. The second kappa shape index (κ2) is 6.02. The highest BCUT2D eigenvalue weighted by Gasteiger charge is 2.33. The molecule has 0 saturated carbocycles. The minimum absolute atomic E-state index is 0.